The quantitative estimate of drug-likeness (QED) is 0.581. The maximum atomic E-state index is 12.0. The summed E-state index contributed by atoms with van der Waals surface area (Å²) in [4.78, 5) is 24.7. The predicted octanol–water partition coefficient (Wildman–Crippen LogP) is 1.44. The number of nitrogens with one attached hydrogen (secondary N) is 2. The molecule has 7 heteroatoms. The number of urea groups is 1. The van der Waals surface area contributed by atoms with Gasteiger partial charge in [0.2, 0.25) is 0 Å². The van der Waals surface area contributed by atoms with E-state index in [0.29, 0.717) is 18.8 Å². The number of carboxylic acid groups (broad SMARTS) is 1. The minimum atomic E-state index is -0.822. The molecule has 0 radical (unpaired) electrons. The molecule has 1 fully saturated rings. The monoisotopic (exact) mass is 359 g/mol. The van der Waals surface area contributed by atoms with Crippen LogP contribution >= 0.6 is 0 Å². The van der Waals surface area contributed by atoms with Crippen molar-refractivity contribution >= 4 is 12.0 Å². The maximum absolute atomic E-state index is 12.0. The number of benzene rings is 1. The van der Waals surface area contributed by atoms with Crippen LogP contribution in [0.5, 0.6) is 5.75 Å². The van der Waals surface area contributed by atoms with Crippen molar-refractivity contribution in [1.29, 1.82) is 0 Å². The second kappa shape index (κ2) is 9.68. The molecule has 0 atom stereocenters. The Morgan fingerprint density at radius 1 is 1.35 bits per heavy atom. The van der Waals surface area contributed by atoms with E-state index in [2.05, 4.69) is 16.6 Å². The van der Waals surface area contributed by atoms with Gasteiger partial charge in [-0.3, -0.25) is 9.69 Å². The van der Waals surface area contributed by atoms with Gasteiger partial charge in [0, 0.05) is 18.6 Å². The summed E-state index contributed by atoms with van der Waals surface area (Å²) < 4.78 is 5.30. The average molecular weight is 359 g/mol. The number of terminal acetylenes is 1. The number of aliphatic carboxylic acids is 1. The van der Waals surface area contributed by atoms with Crippen molar-refractivity contribution in [2.24, 2.45) is 0 Å². The summed E-state index contributed by atoms with van der Waals surface area (Å²) in [7, 11) is 0. The first kappa shape index (κ1) is 19.6. The maximum Gasteiger partial charge on any atom is 0.317 e. The van der Waals surface area contributed by atoms with Crippen molar-refractivity contribution in [2.45, 2.75) is 38.4 Å². The molecule has 1 aromatic rings. The van der Waals surface area contributed by atoms with Crippen LogP contribution in [0.2, 0.25) is 0 Å². The number of carbonyl (C=O) groups is 2. The van der Waals surface area contributed by atoms with Gasteiger partial charge in [0.05, 0.1) is 6.54 Å². The summed E-state index contributed by atoms with van der Waals surface area (Å²) in [5.74, 6) is 2.27. The lowest BCUT2D eigenvalue weighted by atomic mass is 9.85. The van der Waals surface area contributed by atoms with Crippen molar-refractivity contribution in [3.63, 3.8) is 0 Å². The SMILES string of the molecule is C#CCOc1ccc(CNC(=O)NC2CC(N(CC)CC(=O)O)C2)cc1. The largest absolute Gasteiger partial charge is 0.481 e. The third-order valence-electron chi connectivity index (χ3n) is 4.41. The fourth-order valence-corrected chi connectivity index (χ4v) is 2.92. The number of nitrogens with zero attached hydrogens (tertiary/aromatic N) is 1. The van der Waals surface area contributed by atoms with Gasteiger partial charge in [-0.2, -0.15) is 0 Å². The number of likely N-dealkylation sites (N-methyl/N-ethyl adjacent to an activating group) is 1. The first-order valence-electron chi connectivity index (χ1n) is 8.67. The van der Waals surface area contributed by atoms with E-state index in [1.807, 2.05) is 36.1 Å². The predicted molar refractivity (Wildman–Crippen MR) is 97.8 cm³/mol. The molecule has 1 aliphatic rings. The van der Waals surface area contributed by atoms with Crippen LogP contribution in [0.4, 0.5) is 4.79 Å². The van der Waals surface area contributed by atoms with Gasteiger partial charge in [-0.25, -0.2) is 4.79 Å². The molecule has 1 aromatic carbocycles. The van der Waals surface area contributed by atoms with E-state index in [9.17, 15) is 9.59 Å². The molecular formula is C19H25N3O4. The van der Waals surface area contributed by atoms with Gasteiger partial charge in [0.15, 0.2) is 0 Å². The molecule has 0 heterocycles. The van der Waals surface area contributed by atoms with Crippen LogP contribution in [0.15, 0.2) is 24.3 Å². The van der Waals surface area contributed by atoms with Crippen LogP contribution in [0.3, 0.4) is 0 Å². The Hall–Kier alpha value is -2.72. The summed E-state index contributed by atoms with van der Waals surface area (Å²) >= 11 is 0. The molecule has 2 rings (SSSR count). The fourth-order valence-electron chi connectivity index (χ4n) is 2.92. The number of hydrogen-bond acceptors (Lipinski definition) is 4. The Labute approximate surface area is 153 Å². The molecule has 0 saturated heterocycles. The van der Waals surface area contributed by atoms with Crippen molar-refractivity contribution in [3.05, 3.63) is 29.8 Å². The zero-order chi connectivity index (χ0) is 18.9. The highest BCUT2D eigenvalue weighted by Gasteiger charge is 2.34. The molecule has 0 aromatic heterocycles. The van der Waals surface area contributed by atoms with Crippen LogP contribution in [-0.2, 0) is 11.3 Å². The second-order valence-corrected chi connectivity index (χ2v) is 6.24. The topological polar surface area (TPSA) is 90.9 Å². The molecule has 0 bridgehead atoms. The van der Waals surface area contributed by atoms with E-state index in [-0.39, 0.29) is 31.3 Å². The summed E-state index contributed by atoms with van der Waals surface area (Å²) in [5.41, 5.74) is 0.957. The highest BCUT2D eigenvalue weighted by molar-refractivity contribution is 5.74. The van der Waals surface area contributed by atoms with E-state index >= 15 is 0 Å². The summed E-state index contributed by atoms with van der Waals surface area (Å²) in [6.07, 6.45) is 6.69. The van der Waals surface area contributed by atoms with Crippen molar-refractivity contribution in [3.8, 4) is 18.1 Å². The smallest absolute Gasteiger partial charge is 0.317 e. The van der Waals surface area contributed by atoms with Crippen LogP contribution in [0, 0.1) is 12.3 Å². The van der Waals surface area contributed by atoms with Gasteiger partial charge in [0.25, 0.3) is 0 Å². The normalized spacial score (nSPS) is 18.5. The highest BCUT2D eigenvalue weighted by Crippen LogP contribution is 2.25. The van der Waals surface area contributed by atoms with Gasteiger partial charge in [-0.1, -0.05) is 25.0 Å². The van der Waals surface area contributed by atoms with Gasteiger partial charge in [-0.15, -0.1) is 6.42 Å². The van der Waals surface area contributed by atoms with E-state index < -0.39 is 5.97 Å². The molecule has 26 heavy (non-hydrogen) atoms. The minimum absolute atomic E-state index is 0.0428. The third kappa shape index (κ3) is 5.97. The lowest BCUT2D eigenvalue weighted by Gasteiger charge is -2.42. The van der Waals surface area contributed by atoms with E-state index in [1.165, 1.54) is 0 Å². The fraction of sp³-hybridized carbons (Fsp3) is 0.474. The minimum Gasteiger partial charge on any atom is -0.481 e. The van der Waals surface area contributed by atoms with Crippen LogP contribution in [0.1, 0.15) is 25.3 Å². The Kier molecular flexibility index (Phi) is 7.30. The number of ether oxygens (including phenoxy) is 1. The lowest BCUT2D eigenvalue weighted by molar-refractivity contribution is -0.139. The summed E-state index contributed by atoms with van der Waals surface area (Å²) in [6.45, 7) is 3.32. The zero-order valence-corrected chi connectivity index (χ0v) is 14.9. The lowest BCUT2D eigenvalue weighted by Crippen LogP contribution is -2.56. The Bertz CT molecular complexity index is 648. The van der Waals surface area contributed by atoms with Crippen molar-refractivity contribution in [2.75, 3.05) is 19.7 Å². The van der Waals surface area contributed by atoms with Gasteiger partial charge >= 0.3 is 12.0 Å². The Morgan fingerprint density at radius 2 is 2.04 bits per heavy atom. The van der Waals surface area contributed by atoms with E-state index in [0.717, 1.165) is 18.4 Å². The van der Waals surface area contributed by atoms with Gasteiger partial charge < -0.3 is 20.5 Å². The van der Waals surface area contributed by atoms with Crippen LogP contribution < -0.4 is 15.4 Å². The number of carboxylic acids is 1. The highest BCUT2D eigenvalue weighted by atomic mass is 16.5. The molecule has 2 amide bonds. The Morgan fingerprint density at radius 3 is 2.62 bits per heavy atom. The average Bonchev–Trinajstić information content (AvgIpc) is 2.60. The molecule has 1 aliphatic carbocycles. The molecule has 7 nitrogen and oxygen atoms in total. The van der Waals surface area contributed by atoms with E-state index in [1.54, 1.807) is 0 Å². The van der Waals surface area contributed by atoms with Crippen LogP contribution in [0.25, 0.3) is 0 Å². The van der Waals surface area contributed by atoms with Gasteiger partial charge in [-0.05, 0) is 37.1 Å². The zero-order valence-electron chi connectivity index (χ0n) is 14.9. The Balaban J connectivity index is 1.67. The summed E-state index contributed by atoms with van der Waals surface area (Å²) in [6, 6.07) is 7.45. The van der Waals surface area contributed by atoms with Crippen LogP contribution in [-0.4, -0.2) is 53.8 Å². The standard InChI is InChI=1S/C19H25N3O4/c1-3-9-26-17-7-5-14(6-8-17)12-20-19(25)21-15-10-16(11-15)22(4-2)13-18(23)24/h1,5-8,15-16H,4,9-13H2,2H3,(H,23,24)(H2,20,21,25). The first-order chi connectivity index (χ1) is 12.5. The number of amides is 2. The first-order valence-corrected chi connectivity index (χ1v) is 8.67. The number of carbonyl (C=O) groups excluding carboxylic acids is 1. The number of rotatable bonds is 9. The molecule has 3 N–H and O–H groups in total. The molecule has 0 unspecified atom stereocenters. The van der Waals surface area contributed by atoms with Crippen molar-refractivity contribution < 1.29 is 19.4 Å². The number of hydrogen-bond donors (Lipinski definition) is 3. The second-order valence-electron chi connectivity index (χ2n) is 6.24. The molecule has 140 valence electrons. The molecular weight excluding hydrogens is 334 g/mol. The third-order valence-corrected chi connectivity index (χ3v) is 4.41. The summed E-state index contributed by atoms with van der Waals surface area (Å²) in [5, 5.41) is 14.6. The van der Waals surface area contributed by atoms with E-state index in [4.69, 9.17) is 16.3 Å². The molecule has 0 spiro atoms. The van der Waals surface area contributed by atoms with Gasteiger partial charge in [0.1, 0.15) is 12.4 Å². The molecule has 0 aliphatic heterocycles. The molecule has 1 saturated carbocycles. The van der Waals surface area contributed by atoms with Crippen molar-refractivity contribution in [1.82, 2.24) is 15.5 Å².